The van der Waals surface area contributed by atoms with Gasteiger partial charge in [0.2, 0.25) is 11.8 Å². The first-order valence-electron chi connectivity index (χ1n) is 12.9. The molecule has 4 aromatic rings. The van der Waals surface area contributed by atoms with E-state index in [1.807, 2.05) is 22.9 Å². The summed E-state index contributed by atoms with van der Waals surface area (Å²) in [6.07, 6.45) is 3.40. The van der Waals surface area contributed by atoms with E-state index in [4.69, 9.17) is 5.10 Å². The van der Waals surface area contributed by atoms with Gasteiger partial charge in [-0.05, 0) is 65.6 Å². The van der Waals surface area contributed by atoms with Gasteiger partial charge in [-0.3, -0.25) is 19.5 Å². The summed E-state index contributed by atoms with van der Waals surface area (Å²) in [5, 5.41) is 12.3. The SMILES string of the molecule is Cc1ccc(-n2nc(C(C)(C)C)c3c2N(CC(=O)NCc2ccncc2)C(=O)CSC3c2ccsc2)c(C)c1. The molecule has 0 aliphatic carbocycles. The molecule has 9 heteroatoms. The molecule has 3 aromatic heterocycles. The Balaban J connectivity index is 1.65. The van der Waals surface area contributed by atoms with Crippen LogP contribution in [0.3, 0.4) is 0 Å². The minimum absolute atomic E-state index is 0.0752. The number of amides is 2. The average Bonchev–Trinajstić information content (AvgIpc) is 3.53. The van der Waals surface area contributed by atoms with Crippen LogP contribution in [0, 0.1) is 13.8 Å². The molecule has 0 radical (unpaired) electrons. The van der Waals surface area contributed by atoms with E-state index >= 15 is 0 Å². The van der Waals surface area contributed by atoms with E-state index in [0.717, 1.165) is 39.2 Å². The molecule has 1 aliphatic heterocycles. The van der Waals surface area contributed by atoms with Gasteiger partial charge in [0.05, 0.1) is 22.4 Å². The zero-order chi connectivity index (χ0) is 27.7. The first-order valence-corrected chi connectivity index (χ1v) is 14.9. The van der Waals surface area contributed by atoms with Crippen molar-refractivity contribution in [2.24, 2.45) is 0 Å². The Morgan fingerprint density at radius 3 is 2.56 bits per heavy atom. The van der Waals surface area contributed by atoms with E-state index in [1.165, 1.54) is 0 Å². The molecule has 2 amide bonds. The number of carbonyl (C=O) groups is 2. The van der Waals surface area contributed by atoms with Crippen LogP contribution in [0.4, 0.5) is 5.82 Å². The third kappa shape index (κ3) is 5.65. The summed E-state index contributed by atoms with van der Waals surface area (Å²) in [5.74, 6) is 0.612. The second kappa shape index (κ2) is 11.0. The molecule has 1 atom stereocenters. The molecule has 202 valence electrons. The molecule has 1 aliphatic rings. The van der Waals surface area contributed by atoms with Gasteiger partial charge in [0.1, 0.15) is 12.4 Å². The fourth-order valence-electron chi connectivity index (χ4n) is 4.87. The van der Waals surface area contributed by atoms with Gasteiger partial charge in [-0.15, -0.1) is 11.8 Å². The number of hydrogen-bond acceptors (Lipinski definition) is 6. The lowest BCUT2D eigenvalue weighted by molar-refractivity contribution is -0.123. The molecule has 0 saturated heterocycles. The topological polar surface area (TPSA) is 80.1 Å². The van der Waals surface area contributed by atoms with Crippen molar-refractivity contribution in [2.75, 3.05) is 17.2 Å². The predicted octanol–water partition coefficient (Wildman–Crippen LogP) is 5.73. The van der Waals surface area contributed by atoms with Crippen LogP contribution in [-0.4, -0.2) is 38.9 Å². The Labute approximate surface area is 237 Å². The zero-order valence-electron chi connectivity index (χ0n) is 22.9. The lowest BCUT2D eigenvalue weighted by atomic mass is 9.87. The van der Waals surface area contributed by atoms with Gasteiger partial charge in [-0.2, -0.15) is 16.4 Å². The number of pyridine rings is 1. The highest BCUT2D eigenvalue weighted by atomic mass is 32.2. The van der Waals surface area contributed by atoms with E-state index in [2.05, 4.69) is 73.9 Å². The van der Waals surface area contributed by atoms with Gasteiger partial charge >= 0.3 is 0 Å². The number of rotatable bonds is 6. The number of aryl methyl sites for hydroxylation is 2. The van der Waals surface area contributed by atoms with Gasteiger partial charge in [0.25, 0.3) is 0 Å². The van der Waals surface area contributed by atoms with Crippen molar-refractivity contribution in [1.29, 1.82) is 0 Å². The normalized spacial score (nSPS) is 15.7. The highest BCUT2D eigenvalue weighted by Gasteiger charge is 2.40. The van der Waals surface area contributed by atoms with Crippen LogP contribution in [0.1, 0.15) is 59.5 Å². The number of fused-ring (bicyclic) bond motifs is 1. The first kappa shape index (κ1) is 27.1. The third-order valence-corrected chi connectivity index (χ3v) is 8.72. The molecule has 5 rings (SSSR count). The molecule has 0 fully saturated rings. The molecule has 39 heavy (non-hydrogen) atoms. The van der Waals surface area contributed by atoms with Crippen molar-refractivity contribution in [3.63, 3.8) is 0 Å². The molecule has 1 aromatic carbocycles. The molecule has 0 saturated carbocycles. The molecule has 1 N–H and O–H groups in total. The number of aromatic nitrogens is 3. The van der Waals surface area contributed by atoms with Crippen LogP contribution in [0.5, 0.6) is 0 Å². The standard InChI is InChI=1S/C30H33N5O2S2/c1-19-6-7-23(20(2)14-19)35-29-26(28(33-35)30(3,4)5)27(22-10-13-38-17-22)39-18-25(37)34(29)16-24(36)32-15-21-8-11-31-12-9-21/h6-14,17,27H,15-16,18H2,1-5H3,(H,32,36). The maximum Gasteiger partial charge on any atom is 0.240 e. The fraction of sp³-hybridized carbons (Fsp3) is 0.333. The number of thioether (sulfide) groups is 1. The molecular formula is C30H33N5O2S2. The number of carbonyl (C=O) groups excluding carboxylic acids is 2. The highest BCUT2D eigenvalue weighted by Crippen LogP contribution is 2.48. The van der Waals surface area contributed by atoms with Gasteiger partial charge in [-0.1, -0.05) is 38.5 Å². The van der Waals surface area contributed by atoms with Crippen LogP contribution in [-0.2, 0) is 21.5 Å². The van der Waals surface area contributed by atoms with Gasteiger partial charge in [0, 0.05) is 29.9 Å². The molecule has 0 spiro atoms. The Kier molecular flexibility index (Phi) is 7.64. The smallest absolute Gasteiger partial charge is 0.240 e. The van der Waals surface area contributed by atoms with Crippen molar-refractivity contribution in [1.82, 2.24) is 20.1 Å². The number of anilines is 1. The van der Waals surface area contributed by atoms with Gasteiger partial charge in [0.15, 0.2) is 0 Å². The third-order valence-electron chi connectivity index (χ3n) is 6.77. The number of nitrogens with one attached hydrogen (secondary N) is 1. The number of thiophene rings is 1. The summed E-state index contributed by atoms with van der Waals surface area (Å²) in [5.41, 5.74) is 6.85. The van der Waals surface area contributed by atoms with Crippen molar-refractivity contribution < 1.29 is 9.59 Å². The quantitative estimate of drug-likeness (QED) is 0.326. The average molecular weight is 560 g/mol. The van der Waals surface area contributed by atoms with Crippen molar-refractivity contribution in [3.05, 3.63) is 93.1 Å². The second-order valence-electron chi connectivity index (χ2n) is 10.9. The Bertz CT molecular complexity index is 1490. The molecule has 1 unspecified atom stereocenters. The predicted molar refractivity (Wildman–Crippen MR) is 159 cm³/mol. The van der Waals surface area contributed by atoms with E-state index in [9.17, 15) is 9.59 Å². The summed E-state index contributed by atoms with van der Waals surface area (Å²) < 4.78 is 1.89. The number of nitrogens with zero attached hydrogens (tertiary/aromatic N) is 4. The monoisotopic (exact) mass is 559 g/mol. The Morgan fingerprint density at radius 1 is 1.13 bits per heavy atom. The van der Waals surface area contributed by atoms with E-state index in [-0.39, 0.29) is 34.8 Å². The Morgan fingerprint density at radius 2 is 1.90 bits per heavy atom. The largest absolute Gasteiger partial charge is 0.350 e. The molecule has 7 nitrogen and oxygen atoms in total. The fourth-order valence-corrected chi connectivity index (χ4v) is 6.83. The summed E-state index contributed by atoms with van der Waals surface area (Å²) in [6, 6.07) is 12.1. The number of benzene rings is 1. The first-order chi connectivity index (χ1) is 18.6. The molecular weight excluding hydrogens is 526 g/mol. The lowest BCUT2D eigenvalue weighted by Gasteiger charge is -2.24. The lowest BCUT2D eigenvalue weighted by Crippen LogP contribution is -2.42. The van der Waals surface area contributed by atoms with Crippen LogP contribution in [0.15, 0.2) is 59.6 Å². The maximum absolute atomic E-state index is 13.8. The van der Waals surface area contributed by atoms with Crippen LogP contribution in [0.25, 0.3) is 5.69 Å². The highest BCUT2D eigenvalue weighted by molar-refractivity contribution is 8.00. The minimum Gasteiger partial charge on any atom is -0.350 e. The van der Waals surface area contributed by atoms with Crippen LogP contribution in [0.2, 0.25) is 0 Å². The summed E-state index contributed by atoms with van der Waals surface area (Å²) >= 11 is 3.25. The van der Waals surface area contributed by atoms with E-state index in [1.54, 1.807) is 40.4 Å². The zero-order valence-corrected chi connectivity index (χ0v) is 24.5. The van der Waals surface area contributed by atoms with Gasteiger partial charge in [-0.25, -0.2) is 4.68 Å². The molecule has 4 heterocycles. The summed E-state index contributed by atoms with van der Waals surface area (Å²) in [6.45, 7) is 10.8. The number of hydrogen-bond donors (Lipinski definition) is 1. The van der Waals surface area contributed by atoms with Crippen molar-refractivity contribution >= 4 is 40.7 Å². The van der Waals surface area contributed by atoms with Gasteiger partial charge < -0.3 is 5.32 Å². The molecule has 0 bridgehead atoms. The second-order valence-corrected chi connectivity index (χ2v) is 12.8. The Hall–Kier alpha value is -3.43. The summed E-state index contributed by atoms with van der Waals surface area (Å²) in [4.78, 5) is 32.7. The van der Waals surface area contributed by atoms with Crippen molar-refractivity contribution in [3.8, 4) is 5.69 Å². The van der Waals surface area contributed by atoms with E-state index in [0.29, 0.717) is 12.4 Å². The van der Waals surface area contributed by atoms with Crippen LogP contribution < -0.4 is 10.2 Å². The summed E-state index contributed by atoms with van der Waals surface area (Å²) in [7, 11) is 0. The van der Waals surface area contributed by atoms with Crippen LogP contribution >= 0.6 is 23.1 Å². The minimum atomic E-state index is -0.286. The van der Waals surface area contributed by atoms with E-state index < -0.39 is 0 Å². The maximum atomic E-state index is 13.8. The van der Waals surface area contributed by atoms with Crippen molar-refractivity contribution in [2.45, 2.75) is 51.8 Å².